The van der Waals surface area contributed by atoms with Gasteiger partial charge in [0.2, 0.25) is 0 Å². The molecule has 1 aromatic heterocycles. The molecule has 78 valence electrons. The van der Waals surface area contributed by atoms with E-state index >= 15 is 0 Å². The Morgan fingerprint density at radius 3 is 2.93 bits per heavy atom. The number of nitrogens with one attached hydrogen (secondary N) is 2. The second-order valence-electron chi connectivity index (χ2n) is 4.16. The molecule has 1 aliphatic rings. The molecular formula is C11H19N3. The molecule has 0 amide bonds. The van der Waals surface area contributed by atoms with Crippen molar-refractivity contribution in [3.8, 4) is 0 Å². The van der Waals surface area contributed by atoms with E-state index < -0.39 is 0 Å². The first-order chi connectivity index (χ1) is 6.79. The van der Waals surface area contributed by atoms with Crippen molar-refractivity contribution in [2.45, 2.75) is 52.1 Å². The molecular weight excluding hydrogens is 174 g/mol. The largest absolute Gasteiger partial charge is 0.345 e. The van der Waals surface area contributed by atoms with Crippen LogP contribution in [0.5, 0.6) is 0 Å². The first-order valence-corrected chi connectivity index (χ1v) is 5.57. The van der Waals surface area contributed by atoms with Gasteiger partial charge in [-0.15, -0.1) is 0 Å². The lowest BCUT2D eigenvalue weighted by Crippen LogP contribution is -2.16. The highest BCUT2D eigenvalue weighted by Gasteiger charge is 2.20. The van der Waals surface area contributed by atoms with Crippen molar-refractivity contribution in [2.75, 3.05) is 0 Å². The van der Waals surface area contributed by atoms with E-state index in [1.165, 1.54) is 30.7 Å². The smallest absolute Gasteiger partial charge is 0.120 e. The summed E-state index contributed by atoms with van der Waals surface area (Å²) >= 11 is 0. The number of imidazole rings is 1. The predicted octanol–water partition coefficient (Wildman–Crippen LogP) is 1.92. The number of hydrogen-bond acceptors (Lipinski definition) is 2. The predicted molar refractivity (Wildman–Crippen MR) is 57.2 cm³/mol. The highest BCUT2D eigenvalue weighted by molar-refractivity contribution is 5.13. The average molecular weight is 193 g/mol. The van der Waals surface area contributed by atoms with Crippen LogP contribution in [0.25, 0.3) is 0 Å². The summed E-state index contributed by atoms with van der Waals surface area (Å²) in [6.45, 7) is 5.20. The van der Waals surface area contributed by atoms with Gasteiger partial charge in [-0.3, -0.25) is 0 Å². The molecule has 0 atom stereocenters. The topological polar surface area (TPSA) is 40.7 Å². The molecule has 1 saturated carbocycles. The van der Waals surface area contributed by atoms with E-state index in [2.05, 4.69) is 29.1 Å². The molecule has 2 N–H and O–H groups in total. The van der Waals surface area contributed by atoms with Gasteiger partial charge in [0.25, 0.3) is 0 Å². The summed E-state index contributed by atoms with van der Waals surface area (Å²) in [6, 6.07) is 0.759. The first-order valence-electron chi connectivity index (χ1n) is 5.57. The van der Waals surface area contributed by atoms with Crippen LogP contribution in [0.2, 0.25) is 0 Å². The summed E-state index contributed by atoms with van der Waals surface area (Å²) in [5.74, 6) is 1.10. The summed E-state index contributed by atoms with van der Waals surface area (Å²) in [5, 5.41) is 3.46. The molecule has 0 saturated heterocycles. The Kier molecular flexibility index (Phi) is 2.87. The minimum atomic E-state index is 0.759. The third-order valence-corrected chi connectivity index (χ3v) is 2.66. The van der Waals surface area contributed by atoms with E-state index in [1.807, 2.05) is 0 Å². The van der Waals surface area contributed by atoms with E-state index in [-0.39, 0.29) is 0 Å². The van der Waals surface area contributed by atoms with Crippen molar-refractivity contribution in [2.24, 2.45) is 0 Å². The van der Waals surface area contributed by atoms with Crippen LogP contribution >= 0.6 is 0 Å². The Morgan fingerprint density at radius 2 is 2.29 bits per heavy atom. The van der Waals surface area contributed by atoms with E-state index in [4.69, 9.17) is 0 Å². The molecule has 3 heteroatoms. The molecule has 2 rings (SSSR count). The van der Waals surface area contributed by atoms with Crippen LogP contribution in [0, 0.1) is 6.92 Å². The molecule has 0 aliphatic heterocycles. The zero-order valence-electron chi connectivity index (χ0n) is 9.06. The zero-order valence-corrected chi connectivity index (χ0v) is 9.06. The molecule has 0 spiro atoms. The van der Waals surface area contributed by atoms with Gasteiger partial charge in [-0.2, -0.15) is 0 Å². The van der Waals surface area contributed by atoms with Crippen molar-refractivity contribution < 1.29 is 0 Å². The molecule has 14 heavy (non-hydrogen) atoms. The zero-order chi connectivity index (χ0) is 9.97. The minimum absolute atomic E-state index is 0.759. The second-order valence-corrected chi connectivity index (χ2v) is 4.16. The van der Waals surface area contributed by atoms with E-state index in [0.29, 0.717) is 0 Å². The van der Waals surface area contributed by atoms with E-state index in [1.54, 1.807) is 0 Å². The van der Waals surface area contributed by atoms with Crippen LogP contribution in [0.4, 0.5) is 0 Å². The molecule has 0 bridgehead atoms. The number of nitrogens with zero attached hydrogens (tertiary/aromatic N) is 1. The molecule has 1 aromatic rings. The van der Waals surface area contributed by atoms with Gasteiger partial charge < -0.3 is 10.3 Å². The highest BCUT2D eigenvalue weighted by atomic mass is 15.0. The van der Waals surface area contributed by atoms with Crippen molar-refractivity contribution >= 4 is 0 Å². The number of H-pyrrole nitrogens is 1. The lowest BCUT2D eigenvalue weighted by atomic mass is 10.2. The monoisotopic (exact) mass is 193 g/mol. The van der Waals surface area contributed by atoms with Crippen molar-refractivity contribution in [3.63, 3.8) is 0 Å². The number of hydrogen-bond donors (Lipinski definition) is 2. The van der Waals surface area contributed by atoms with Gasteiger partial charge in [-0.25, -0.2) is 4.98 Å². The molecule has 0 aromatic carbocycles. The van der Waals surface area contributed by atoms with Crippen LogP contribution in [0.15, 0.2) is 0 Å². The third-order valence-electron chi connectivity index (χ3n) is 2.66. The third kappa shape index (κ3) is 2.35. The molecule has 1 fully saturated rings. The number of aromatic nitrogens is 2. The van der Waals surface area contributed by atoms with Crippen LogP contribution < -0.4 is 5.32 Å². The van der Waals surface area contributed by atoms with Crippen LogP contribution in [0.3, 0.4) is 0 Å². The number of rotatable bonds is 5. The Labute approximate surface area is 85.3 Å². The Balaban J connectivity index is 1.92. The van der Waals surface area contributed by atoms with Gasteiger partial charge in [0.1, 0.15) is 5.82 Å². The maximum atomic E-state index is 4.58. The van der Waals surface area contributed by atoms with E-state index in [9.17, 15) is 0 Å². The fourth-order valence-electron chi connectivity index (χ4n) is 1.66. The number of aryl methyl sites for hydroxylation is 2. The van der Waals surface area contributed by atoms with Gasteiger partial charge in [-0.1, -0.05) is 13.3 Å². The molecule has 3 nitrogen and oxygen atoms in total. The summed E-state index contributed by atoms with van der Waals surface area (Å²) in [4.78, 5) is 7.92. The van der Waals surface area contributed by atoms with Crippen LogP contribution in [-0.4, -0.2) is 16.0 Å². The normalized spacial score (nSPS) is 16.1. The lowest BCUT2D eigenvalue weighted by Gasteiger charge is -1.97. The summed E-state index contributed by atoms with van der Waals surface area (Å²) in [7, 11) is 0. The first kappa shape index (κ1) is 9.71. The van der Waals surface area contributed by atoms with Gasteiger partial charge in [0.15, 0.2) is 0 Å². The van der Waals surface area contributed by atoms with Crippen molar-refractivity contribution in [1.82, 2.24) is 15.3 Å². The molecule has 1 heterocycles. The van der Waals surface area contributed by atoms with Gasteiger partial charge >= 0.3 is 0 Å². The van der Waals surface area contributed by atoms with Crippen LogP contribution in [0.1, 0.15) is 43.4 Å². The highest BCUT2D eigenvalue weighted by Crippen LogP contribution is 2.19. The maximum Gasteiger partial charge on any atom is 0.120 e. The van der Waals surface area contributed by atoms with Gasteiger partial charge in [0.05, 0.1) is 12.2 Å². The Hall–Kier alpha value is -0.830. The fraction of sp³-hybridized carbons (Fsp3) is 0.727. The van der Waals surface area contributed by atoms with Gasteiger partial charge in [0, 0.05) is 11.7 Å². The Bertz CT molecular complexity index is 299. The molecule has 1 aliphatic carbocycles. The van der Waals surface area contributed by atoms with Gasteiger partial charge in [-0.05, 0) is 26.2 Å². The standard InChI is InChI=1S/C11H19N3/c1-3-4-10-8(2)13-11(14-10)7-12-9-5-6-9/h9,12H,3-7H2,1-2H3,(H,13,14). The molecule has 0 radical (unpaired) electrons. The molecule has 0 unspecified atom stereocenters. The average Bonchev–Trinajstić information content (AvgIpc) is 2.91. The second kappa shape index (κ2) is 4.13. The van der Waals surface area contributed by atoms with Crippen molar-refractivity contribution in [1.29, 1.82) is 0 Å². The maximum absolute atomic E-state index is 4.58. The summed E-state index contributed by atoms with van der Waals surface area (Å²) in [6.07, 6.45) is 4.93. The quantitative estimate of drug-likeness (QED) is 0.750. The fourth-order valence-corrected chi connectivity index (χ4v) is 1.66. The summed E-state index contributed by atoms with van der Waals surface area (Å²) < 4.78 is 0. The minimum Gasteiger partial charge on any atom is -0.345 e. The number of aromatic amines is 1. The summed E-state index contributed by atoms with van der Waals surface area (Å²) in [5.41, 5.74) is 2.47. The van der Waals surface area contributed by atoms with E-state index in [0.717, 1.165) is 24.8 Å². The van der Waals surface area contributed by atoms with Crippen LogP contribution in [-0.2, 0) is 13.0 Å². The lowest BCUT2D eigenvalue weighted by molar-refractivity contribution is 0.661. The SMILES string of the molecule is CCCc1nc(CNC2CC2)[nH]c1C. The Morgan fingerprint density at radius 1 is 1.50 bits per heavy atom. The van der Waals surface area contributed by atoms with Crippen molar-refractivity contribution in [3.05, 3.63) is 17.2 Å².